The highest BCUT2D eigenvalue weighted by Gasteiger charge is 2.10. The lowest BCUT2D eigenvalue weighted by Gasteiger charge is -2.10. The zero-order valence-electron chi connectivity index (χ0n) is 10.3. The Morgan fingerprint density at radius 1 is 1.44 bits per heavy atom. The topological polar surface area (TPSA) is 98.5 Å². The Hall–Kier alpha value is -1.76. The summed E-state index contributed by atoms with van der Waals surface area (Å²) in [7, 11) is -1.69. The number of carbonyl (C=O) groups is 1. The second kappa shape index (κ2) is 5.72. The summed E-state index contributed by atoms with van der Waals surface area (Å²) < 4.78 is 26.9. The number of methoxy groups -OCH3 is 1. The summed E-state index contributed by atoms with van der Waals surface area (Å²) in [5.41, 5.74) is 6.56. The molecule has 0 aliphatic heterocycles. The predicted molar refractivity (Wildman–Crippen MR) is 70.4 cm³/mol. The van der Waals surface area contributed by atoms with Crippen molar-refractivity contribution in [1.82, 2.24) is 0 Å². The van der Waals surface area contributed by atoms with Crippen molar-refractivity contribution in [2.45, 2.75) is 6.42 Å². The second-order valence-corrected chi connectivity index (χ2v) is 6.15. The van der Waals surface area contributed by atoms with E-state index in [1.54, 1.807) is 18.2 Å². The van der Waals surface area contributed by atoms with E-state index in [0.29, 0.717) is 17.1 Å². The number of hydrogen-bond acceptors (Lipinski definition) is 5. The molecule has 0 saturated heterocycles. The Balaban J connectivity index is 2.70. The lowest BCUT2D eigenvalue weighted by Crippen LogP contribution is -2.17. The van der Waals surface area contributed by atoms with Crippen LogP contribution in [0.15, 0.2) is 18.2 Å². The highest BCUT2D eigenvalue weighted by molar-refractivity contribution is 7.90. The minimum absolute atomic E-state index is 0.0909. The number of carbonyl (C=O) groups excluding carboxylic acids is 1. The molecule has 0 atom stereocenters. The molecule has 0 spiro atoms. The van der Waals surface area contributed by atoms with Crippen LogP contribution in [0.5, 0.6) is 5.75 Å². The van der Waals surface area contributed by atoms with Crippen LogP contribution in [0.1, 0.15) is 6.42 Å². The van der Waals surface area contributed by atoms with Crippen molar-refractivity contribution in [3.05, 3.63) is 18.2 Å². The minimum Gasteiger partial charge on any atom is -0.494 e. The Morgan fingerprint density at radius 2 is 2.11 bits per heavy atom. The SMILES string of the molecule is COc1cc(N)ccc1NC(=O)CCS(C)(=O)=O. The summed E-state index contributed by atoms with van der Waals surface area (Å²) in [6.07, 6.45) is 0.996. The van der Waals surface area contributed by atoms with Crippen LogP contribution in [-0.2, 0) is 14.6 Å². The van der Waals surface area contributed by atoms with Crippen LogP contribution in [0.3, 0.4) is 0 Å². The van der Waals surface area contributed by atoms with Gasteiger partial charge < -0.3 is 15.8 Å². The molecule has 0 saturated carbocycles. The van der Waals surface area contributed by atoms with E-state index in [0.717, 1.165) is 6.26 Å². The number of sulfone groups is 1. The molecule has 0 unspecified atom stereocenters. The minimum atomic E-state index is -3.15. The number of ether oxygens (including phenoxy) is 1. The molecule has 0 aliphatic carbocycles. The first kappa shape index (κ1) is 14.3. The Bertz CT molecular complexity index is 540. The zero-order chi connectivity index (χ0) is 13.8. The Morgan fingerprint density at radius 3 is 2.67 bits per heavy atom. The molecule has 6 nitrogen and oxygen atoms in total. The number of amides is 1. The number of rotatable bonds is 5. The molecule has 0 fully saturated rings. The smallest absolute Gasteiger partial charge is 0.225 e. The van der Waals surface area contributed by atoms with Gasteiger partial charge in [0.15, 0.2) is 0 Å². The van der Waals surface area contributed by atoms with Crippen molar-refractivity contribution in [2.24, 2.45) is 0 Å². The lowest BCUT2D eigenvalue weighted by molar-refractivity contribution is -0.115. The maximum atomic E-state index is 11.5. The zero-order valence-corrected chi connectivity index (χ0v) is 11.1. The van der Waals surface area contributed by atoms with E-state index in [1.807, 2.05) is 0 Å². The third-order valence-electron chi connectivity index (χ3n) is 2.20. The van der Waals surface area contributed by atoms with E-state index in [1.165, 1.54) is 7.11 Å². The molecule has 0 heterocycles. The van der Waals surface area contributed by atoms with Crippen molar-refractivity contribution >= 4 is 27.1 Å². The normalized spacial score (nSPS) is 11.0. The van der Waals surface area contributed by atoms with Gasteiger partial charge in [0.1, 0.15) is 15.6 Å². The van der Waals surface area contributed by atoms with E-state index in [-0.39, 0.29) is 18.1 Å². The van der Waals surface area contributed by atoms with E-state index in [4.69, 9.17) is 10.5 Å². The van der Waals surface area contributed by atoms with Crippen molar-refractivity contribution in [2.75, 3.05) is 30.2 Å². The molecule has 1 aromatic rings. The van der Waals surface area contributed by atoms with Crippen LogP contribution < -0.4 is 15.8 Å². The summed E-state index contributed by atoms with van der Waals surface area (Å²) in [4.78, 5) is 11.5. The largest absolute Gasteiger partial charge is 0.494 e. The maximum absolute atomic E-state index is 11.5. The molecule has 7 heteroatoms. The van der Waals surface area contributed by atoms with Gasteiger partial charge in [0.25, 0.3) is 0 Å². The standard InChI is InChI=1S/C11H16N2O4S/c1-17-10-7-8(12)3-4-9(10)13-11(14)5-6-18(2,15)16/h3-4,7H,5-6,12H2,1-2H3,(H,13,14). The molecule has 1 aromatic carbocycles. The molecule has 1 rings (SSSR count). The molecule has 100 valence electrons. The first-order valence-electron chi connectivity index (χ1n) is 5.23. The maximum Gasteiger partial charge on any atom is 0.225 e. The molecule has 0 bridgehead atoms. The van der Waals surface area contributed by atoms with Gasteiger partial charge in [-0.3, -0.25) is 4.79 Å². The van der Waals surface area contributed by atoms with Gasteiger partial charge >= 0.3 is 0 Å². The molecule has 1 amide bonds. The second-order valence-electron chi connectivity index (χ2n) is 3.89. The fourth-order valence-electron chi connectivity index (χ4n) is 1.30. The Kier molecular flexibility index (Phi) is 4.55. The summed E-state index contributed by atoms with van der Waals surface area (Å²) in [5.74, 6) is -0.137. The summed E-state index contributed by atoms with van der Waals surface area (Å²) in [5, 5.41) is 2.58. The first-order chi connectivity index (χ1) is 8.31. The summed E-state index contributed by atoms with van der Waals surface area (Å²) in [6, 6.07) is 4.80. The quantitative estimate of drug-likeness (QED) is 0.767. The van der Waals surface area contributed by atoms with Gasteiger partial charge in [-0.1, -0.05) is 0 Å². The van der Waals surface area contributed by atoms with Gasteiger partial charge in [0, 0.05) is 24.4 Å². The van der Waals surface area contributed by atoms with Gasteiger partial charge in [-0.25, -0.2) is 8.42 Å². The highest BCUT2D eigenvalue weighted by Crippen LogP contribution is 2.26. The molecule has 3 N–H and O–H groups in total. The van der Waals surface area contributed by atoms with E-state index < -0.39 is 9.84 Å². The van der Waals surface area contributed by atoms with Gasteiger partial charge in [-0.2, -0.15) is 0 Å². The van der Waals surface area contributed by atoms with Crippen LogP contribution >= 0.6 is 0 Å². The molecule has 0 aliphatic rings. The molecule has 0 radical (unpaired) electrons. The van der Waals surface area contributed by atoms with Crippen molar-refractivity contribution in [3.63, 3.8) is 0 Å². The van der Waals surface area contributed by atoms with Gasteiger partial charge in [0.2, 0.25) is 5.91 Å². The molecule has 0 aromatic heterocycles. The number of nitrogen functional groups attached to an aromatic ring is 1. The summed E-state index contributed by atoms with van der Waals surface area (Å²) in [6.45, 7) is 0. The number of anilines is 2. The highest BCUT2D eigenvalue weighted by atomic mass is 32.2. The number of nitrogens with two attached hydrogens (primary N) is 1. The van der Waals surface area contributed by atoms with Gasteiger partial charge in [-0.05, 0) is 12.1 Å². The Labute approximate surface area is 106 Å². The first-order valence-corrected chi connectivity index (χ1v) is 7.29. The fraction of sp³-hybridized carbons (Fsp3) is 0.364. The van der Waals surface area contributed by atoms with Crippen LogP contribution in [-0.4, -0.2) is 33.4 Å². The van der Waals surface area contributed by atoms with Crippen LogP contribution in [0, 0.1) is 0 Å². The number of nitrogens with one attached hydrogen (secondary N) is 1. The molecular weight excluding hydrogens is 256 g/mol. The van der Waals surface area contributed by atoms with Crippen LogP contribution in [0.4, 0.5) is 11.4 Å². The average Bonchev–Trinajstić information content (AvgIpc) is 2.28. The van der Waals surface area contributed by atoms with Crippen LogP contribution in [0.25, 0.3) is 0 Å². The number of hydrogen-bond donors (Lipinski definition) is 2. The number of benzene rings is 1. The third kappa shape index (κ3) is 4.62. The molecular formula is C11H16N2O4S. The third-order valence-corrected chi connectivity index (χ3v) is 3.15. The molecule has 18 heavy (non-hydrogen) atoms. The average molecular weight is 272 g/mol. The summed E-state index contributed by atoms with van der Waals surface area (Å²) >= 11 is 0. The fourth-order valence-corrected chi connectivity index (χ4v) is 1.86. The van der Waals surface area contributed by atoms with Crippen molar-refractivity contribution < 1.29 is 17.9 Å². The van der Waals surface area contributed by atoms with Crippen molar-refractivity contribution in [3.8, 4) is 5.75 Å². The van der Waals surface area contributed by atoms with Crippen molar-refractivity contribution in [1.29, 1.82) is 0 Å². The monoisotopic (exact) mass is 272 g/mol. The predicted octanol–water partition coefficient (Wildman–Crippen LogP) is 0.651. The van der Waals surface area contributed by atoms with Crippen LogP contribution in [0.2, 0.25) is 0 Å². The van der Waals surface area contributed by atoms with Gasteiger partial charge in [-0.15, -0.1) is 0 Å². The van der Waals surface area contributed by atoms with E-state index >= 15 is 0 Å². The van der Waals surface area contributed by atoms with E-state index in [9.17, 15) is 13.2 Å². The van der Waals surface area contributed by atoms with E-state index in [2.05, 4.69) is 5.32 Å². The van der Waals surface area contributed by atoms with Gasteiger partial charge in [0.05, 0.1) is 18.6 Å². The lowest BCUT2D eigenvalue weighted by atomic mass is 10.2.